The van der Waals surface area contributed by atoms with E-state index in [1.54, 1.807) is 7.05 Å². The van der Waals surface area contributed by atoms with Crippen molar-refractivity contribution in [3.8, 4) is 0 Å². The predicted molar refractivity (Wildman–Crippen MR) is 40.7 cm³/mol. The molecule has 0 fully saturated rings. The Morgan fingerprint density at radius 3 is 2.90 bits per heavy atom. The van der Waals surface area contributed by atoms with E-state index >= 15 is 0 Å². The molecule has 0 aromatic heterocycles. The van der Waals surface area contributed by atoms with Gasteiger partial charge in [-0.3, -0.25) is 10.3 Å². The lowest BCUT2D eigenvalue weighted by molar-refractivity contribution is 0.666. The highest BCUT2D eigenvalue weighted by Gasteiger charge is 2.09. The monoisotopic (exact) mass is 141 g/mol. The van der Waals surface area contributed by atoms with Gasteiger partial charge in [0.25, 0.3) is 0 Å². The van der Waals surface area contributed by atoms with Crippen molar-refractivity contribution in [1.29, 1.82) is 0 Å². The molecule has 0 aromatic rings. The average Bonchev–Trinajstić information content (AvgIpc) is 1.85. The summed E-state index contributed by atoms with van der Waals surface area (Å²) in [5.74, 6) is 1.08. The summed E-state index contributed by atoms with van der Waals surface area (Å²) in [5, 5.41) is 5.73. The van der Waals surface area contributed by atoms with Crippen LogP contribution in [0.4, 0.5) is 0 Å². The molecular weight excluding hydrogens is 130 g/mol. The molecule has 1 aliphatic rings. The Morgan fingerprint density at radius 1 is 1.70 bits per heavy atom. The van der Waals surface area contributed by atoms with Crippen LogP contribution in [0.15, 0.2) is 9.98 Å². The lowest BCUT2D eigenvalue weighted by Gasteiger charge is -2.20. The zero-order chi connectivity index (χ0) is 7.56. The third-order valence-corrected chi connectivity index (χ3v) is 1.15. The summed E-state index contributed by atoms with van der Waals surface area (Å²) in [6, 6.07) is 0. The lowest BCUT2D eigenvalue weighted by atomic mass is 10.5. The number of nitrogens with two attached hydrogens (primary N) is 1. The summed E-state index contributed by atoms with van der Waals surface area (Å²) in [6.45, 7) is 1.90. The van der Waals surface area contributed by atoms with Crippen molar-refractivity contribution in [2.45, 2.75) is 13.1 Å². The molecule has 5 heteroatoms. The van der Waals surface area contributed by atoms with Gasteiger partial charge in [-0.15, -0.1) is 0 Å². The number of nitrogens with one attached hydrogen (secondary N) is 2. The van der Waals surface area contributed by atoms with Gasteiger partial charge in [-0.2, -0.15) is 0 Å². The van der Waals surface area contributed by atoms with E-state index in [-0.39, 0.29) is 6.17 Å². The van der Waals surface area contributed by atoms with Crippen molar-refractivity contribution in [2.24, 2.45) is 15.7 Å². The highest BCUT2D eigenvalue weighted by atomic mass is 15.3. The normalized spacial score (nSPS) is 28.8. The summed E-state index contributed by atoms with van der Waals surface area (Å²) in [6.07, 6.45) is 0.0138. The summed E-state index contributed by atoms with van der Waals surface area (Å²) in [4.78, 5) is 7.85. The molecule has 1 atom stereocenters. The molecule has 0 unspecified atom stereocenters. The number of aliphatic imine (C=N–C) groups is 2. The molecule has 0 spiro atoms. The molecule has 4 N–H and O–H groups in total. The van der Waals surface area contributed by atoms with Crippen LogP contribution in [0, 0.1) is 0 Å². The van der Waals surface area contributed by atoms with Crippen molar-refractivity contribution in [1.82, 2.24) is 10.6 Å². The molecule has 0 aliphatic carbocycles. The molecule has 1 rings (SSSR count). The van der Waals surface area contributed by atoms with Gasteiger partial charge in [0.15, 0.2) is 11.9 Å². The molecule has 0 amide bonds. The quantitative estimate of drug-likeness (QED) is 0.398. The molecule has 0 radical (unpaired) electrons. The Bertz CT molecular complexity index is 182. The Kier molecular flexibility index (Phi) is 1.75. The van der Waals surface area contributed by atoms with Crippen LogP contribution < -0.4 is 16.4 Å². The second kappa shape index (κ2) is 2.55. The van der Waals surface area contributed by atoms with Crippen LogP contribution >= 0.6 is 0 Å². The highest BCUT2D eigenvalue weighted by Crippen LogP contribution is 1.87. The molecule has 5 nitrogen and oxygen atoms in total. The smallest absolute Gasteiger partial charge is 0.199 e. The molecule has 0 saturated carbocycles. The third kappa shape index (κ3) is 1.37. The number of rotatable bonds is 0. The molecule has 0 aromatic carbocycles. The lowest BCUT2D eigenvalue weighted by Crippen LogP contribution is -2.52. The SMILES string of the molecule is CN=C1NC(N)=N[C@@H](C)N1. The van der Waals surface area contributed by atoms with Gasteiger partial charge >= 0.3 is 0 Å². The first-order valence-electron chi connectivity index (χ1n) is 3.06. The van der Waals surface area contributed by atoms with E-state index in [1.165, 1.54) is 0 Å². The first-order chi connectivity index (χ1) is 4.72. The molecule has 0 saturated heterocycles. The van der Waals surface area contributed by atoms with Gasteiger partial charge in [-0.25, -0.2) is 4.99 Å². The summed E-state index contributed by atoms with van der Waals surface area (Å²) >= 11 is 0. The van der Waals surface area contributed by atoms with Crippen molar-refractivity contribution < 1.29 is 0 Å². The molecule has 10 heavy (non-hydrogen) atoms. The Labute approximate surface area is 59.4 Å². The van der Waals surface area contributed by atoms with Gasteiger partial charge in [0.05, 0.1) is 0 Å². The maximum Gasteiger partial charge on any atom is 0.199 e. The van der Waals surface area contributed by atoms with E-state index < -0.39 is 0 Å². The fourth-order valence-corrected chi connectivity index (χ4v) is 0.749. The average molecular weight is 141 g/mol. The maximum atomic E-state index is 5.41. The number of guanidine groups is 2. The van der Waals surface area contributed by atoms with Crippen LogP contribution in [-0.2, 0) is 0 Å². The number of hydrogen-bond acceptors (Lipinski definition) is 3. The fourth-order valence-electron chi connectivity index (χ4n) is 0.749. The van der Waals surface area contributed by atoms with Gasteiger partial charge in [0, 0.05) is 7.05 Å². The van der Waals surface area contributed by atoms with Crippen LogP contribution in [0.25, 0.3) is 0 Å². The van der Waals surface area contributed by atoms with Crippen LogP contribution in [-0.4, -0.2) is 25.1 Å². The molecule has 1 aliphatic heterocycles. The predicted octanol–water partition coefficient (Wildman–Crippen LogP) is -1.17. The van der Waals surface area contributed by atoms with Crippen LogP contribution in [0.1, 0.15) is 6.92 Å². The highest BCUT2D eigenvalue weighted by molar-refractivity contribution is 5.99. The van der Waals surface area contributed by atoms with Gasteiger partial charge < -0.3 is 11.1 Å². The van der Waals surface area contributed by atoms with Gasteiger partial charge in [-0.05, 0) is 6.92 Å². The largest absolute Gasteiger partial charge is 0.370 e. The van der Waals surface area contributed by atoms with E-state index in [2.05, 4.69) is 20.6 Å². The van der Waals surface area contributed by atoms with E-state index in [4.69, 9.17) is 5.73 Å². The van der Waals surface area contributed by atoms with Crippen LogP contribution in [0.3, 0.4) is 0 Å². The molecule has 0 bridgehead atoms. The zero-order valence-electron chi connectivity index (χ0n) is 6.05. The fraction of sp³-hybridized carbons (Fsp3) is 0.600. The minimum Gasteiger partial charge on any atom is -0.370 e. The van der Waals surface area contributed by atoms with E-state index in [1.807, 2.05) is 6.92 Å². The molecular formula is C5H11N5. The van der Waals surface area contributed by atoms with Gasteiger partial charge in [-0.1, -0.05) is 0 Å². The Morgan fingerprint density at radius 2 is 2.40 bits per heavy atom. The summed E-state index contributed by atoms with van der Waals surface area (Å²) < 4.78 is 0. The van der Waals surface area contributed by atoms with Crippen LogP contribution in [0.2, 0.25) is 0 Å². The van der Waals surface area contributed by atoms with Gasteiger partial charge in [0.2, 0.25) is 0 Å². The van der Waals surface area contributed by atoms with E-state index in [0.29, 0.717) is 11.9 Å². The second-order valence-electron chi connectivity index (χ2n) is 2.03. The Balaban J connectivity index is 2.70. The maximum absolute atomic E-state index is 5.41. The second-order valence-corrected chi connectivity index (χ2v) is 2.03. The molecule has 56 valence electrons. The van der Waals surface area contributed by atoms with Crippen molar-refractivity contribution in [2.75, 3.05) is 7.05 Å². The first-order valence-corrected chi connectivity index (χ1v) is 3.06. The van der Waals surface area contributed by atoms with Crippen molar-refractivity contribution in [3.63, 3.8) is 0 Å². The van der Waals surface area contributed by atoms with Crippen molar-refractivity contribution in [3.05, 3.63) is 0 Å². The van der Waals surface area contributed by atoms with Crippen LogP contribution in [0.5, 0.6) is 0 Å². The topological polar surface area (TPSA) is 74.8 Å². The summed E-state index contributed by atoms with van der Waals surface area (Å²) in [7, 11) is 1.68. The van der Waals surface area contributed by atoms with E-state index in [0.717, 1.165) is 0 Å². The Hall–Kier alpha value is -1.26. The third-order valence-electron chi connectivity index (χ3n) is 1.15. The standard InChI is InChI=1S/C5H11N5/c1-3-8-4(6)10-5(7-2)9-3/h3H,1-2H3,(H4,6,7,8,9,10)/t3-/m1/s1. The molecule has 1 heterocycles. The summed E-state index contributed by atoms with van der Waals surface area (Å²) in [5.41, 5.74) is 5.41. The minimum atomic E-state index is 0.0138. The van der Waals surface area contributed by atoms with E-state index in [9.17, 15) is 0 Å². The van der Waals surface area contributed by atoms with Gasteiger partial charge in [0.1, 0.15) is 6.17 Å². The number of hydrogen-bond donors (Lipinski definition) is 3. The van der Waals surface area contributed by atoms with Crippen molar-refractivity contribution >= 4 is 11.9 Å². The zero-order valence-corrected chi connectivity index (χ0v) is 6.05. The number of nitrogens with zero attached hydrogens (tertiary/aromatic N) is 2. The first kappa shape index (κ1) is 6.85. The minimum absolute atomic E-state index is 0.0138.